The number of ether oxygens (including phenoxy) is 1. The van der Waals surface area contributed by atoms with Gasteiger partial charge in [0, 0.05) is 5.92 Å². The van der Waals surface area contributed by atoms with E-state index in [0.29, 0.717) is 5.92 Å². The Kier molecular flexibility index (Phi) is 4.18. The van der Waals surface area contributed by atoms with Crippen molar-refractivity contribution < 1.29 is 22.9 Å². The fourth-order valence-corrected chi connectivity index (χ4v) is 4.25. The molecule has 0 saturated heterocycles. The normalized spacial score (nSPS) is 33.2. The average Bonchev–Trinajstić information content (AvgIpc) is 2.98. The number of hydrogen-bond acceptors (Lipinski definition) is 1. The summed E-state index contributed by atoms with van der Waals surface area (Å²) in [6.07, 6.45) is 4.25. The summed E-state index contributed by atoms with van der Waals surface area (Å²) in [4.78, 5) is 0. The summed E-state index contributed by atoms with van der Waals surface area (Å²) in [6.45, 7) is 1.07. The number of quaternary nitrogens is 1. The van der Waals surface area contributed by atoms with E-state index in [1.54, 1.807) is 7.11 Å². The number of rotatable bonds is 3. The van der Waals surface area contributed by atoms with E-state index in [2.05, 4.69) is 30.0 Å². The van der Waals surface area contributed by atoms with E-state index in [0.717, 1.165) is 30.0 Å². The van der Waals surface area contributed by atoms with Crippen molar-refractivity contribution >= 4 is 0 Å². The van der Waals surface area contributed by atoms with Crippen LogP contribution in [0.4, 0.5) is 0 Å². The van der Waals surface area contributed by atoms with Crippen LogP contribution in [0.15, 0.2) is 24.3 Å². The standard InChI is InChI=1S/C15H21NO.ClH/c1-17-14-5-3-2-4-12(14)15-11-7-6-10(8-11)13(15)9-16;/h2-5,10-11,13,15H,6-9,16H2,1H3;1H/t10-,11+,13-,15+;/m1./s1. The van der Waals surface area contributed by atoms with Gasteiger partial charge in [-0.2, -0.15) is 0 Å². The molecule has 18 heavy (non-hydrogen) atoms. The lowest BCUT2D eigenvalue weighted by Crippen LogP contribution is -3.00. The van der Waals surface area contributed by atoms with E-state index in [4.69, 9.17) is 4.74 Å². The maximum Gasteiger partial charge on any atom is 0.122 e. The minimum absolute atomic E-state index is 0. The van der Waals surface area contributed by atoms with Gasteiger partial charge in [0.2, 0.25) is 0 Å². The lowest BCUT2D eigenvalue weighted by molar-refractivity contribution is -0.382. The molecule has 2 aliphatic carbocycles. The van der Waals surface area contributed by atoms with Crippen molar-refractivity contribution in [3.05, 3.63) is 29.8 Å². The van der Waals surface area contributed by atoms with E-state index < -0.39 is 0 Å². The molecule has 4 atom stereocenters. The van der Waals surface area contributed by atoms with Crippen molar-refractivity contribution in [1.82, 2.24) is 0 Å². The first-order valence-electron chi connectivity index (χ1n) is 6.77. The zero-order valence-electron chi connectivity index (χ0n) is 10.9. The smallest absolute Gasteiger partial charge is 0.122 e. The van der Waals surface area contributed by atoms with Crippen molar-refractivity contribution in [1.29, 1.82) is 0 Å². The van der Waals surface area contributed by atoms with Crippen LogP contribution in [0.3, 0.4) is 0 Å². The summed E-state index contributed by atoms with van der Waals surface area (Å²) in [7, 11) is 1.78. The molecule has 0 amide bonds. The third kappa shape index (κ3) is 2.02. The molecule has 0 aromatic heterocycles. The Bertz CT molecular complexity index is 409. The van der Waals surface area contributed by atoms with Crippen LogP contribution in [0.5, 0.6) is 5.75 Å². The molecule has 2 saturated carbocycles. The molecule has 1 aromatic rings. The SMILES string of the molecule is COc1ccccc1[C@@H]1[C@H]2CC[C@H](C2)[C@H]1C[NH3+].[Cl-]. The number of halogens is 1. The molecule has 3 N–H and O–H groups in total. The van der Waals surface area contributed by atoms with E-state index >= 15 is 0 Å². The Morgan fingerprint density at radius 2 is 1.94 bits per heavy atom. The number of benzene rings is 1. The monoisotopic (exact) mass is 267 g/mol. The Morgan fingerprint density at radius 1 is 1.22 bits per heavy atom. The summed E-state index contributed by atoms with van der Waals surface area (Å²) >= 11 is 0. The molecule has 2 fully saturated rings. The summed E-state index contributed by atoms with van der Waals surface area (Å²) in [5.41, 5.74) is 5.60. The van der Waals surface area contributed by atoms with Crippen LogP contribution in [-0.2, 0) is 0 Å². The molecule has 0 spiro atoms. The van der Waals surface area contributed by atoms with E-state index in [1.165, 1.54) is 24.8 Å². The third-order valence-electron chi connectivity index (χ3n) is 4.92. The van der Waals surface area contributed by atoms with Gasteiger partial charge in [-0.3, -0.25) is 0 Å². The second-order valence-corrected chi connectivity index (χ2v) is 5.55. The Labute approximate surface area is 115 Å². The highest BCUT2D eigenvalue weighted by atomic mass is 35.5. The molecular weight excluding hydrogens is 246 g/mol. The molecule has 3 heteroatoms. The molecule has 3 rings (SSSR count). The number of para-hydroxylation sites is 1. The fourth-order valence-electron chi connectivity index (χ4n) is 4.25. The molecule has 0 aliphatic heterocycles. The van der Waals surface area contributed by atoms with Crippen LogP contribution in [0.25, 0.3) is 0 Å². The molecule has 2 nitrogen and oxygen atoms in total. The molecule has 2 aliphatic rings. The maximum atomic E-state index is 5.54. The summed E-state index contributed by atoms with van der Waals surface area (Å²) in [5, 5.41) is 0. The molecule has 100 valence electrons. The van der Waals surface area contributed by atoms with Gasteiger partial charge in [0.05, 0.1) is 13.7 Å². The van der Waals surface area contributed by atoms with Crippen LogP contribution >= 0.6 is 0 Å². The van der Waals surface area contributed by atoms with Gasteiger partial charge < -0.3 is 22.9 Å². The molecule has 0 radical (unpaired) electrons. The van der Waals surface area contributed by atoms with Gasteiger partial charge in [-0.05, 0) is 48.6 Å². The summed E-state index contributed by atoms with van der Waals surface area (Å²) in [5.74, 6) is 4.35. The van der Waals surface area contributed by atoms with Gasteiger partial charge in [-0.1, -0.05) is 18.2 Å². The van der Waals surface area contributed by atoms with Gasteiger partial charge in [-0.15, -0.1) is 0 Å². The maximum absolute atomic E-state index is 5.54. The van der Waals surface area contributed by atoms with Crippen LogP contribution < -0.4 is 22.9 Å². The van der Waals surface area contributed by atoms with Gasteiger partial charge in [0.15, 0.2) is 0 Å². The first-order valence-corrected chi connectivity index (χ1v) is 6.77. The van der Waals surface area contributed by atoms with Gasteiger partial charge in [-0.25, -0.2) is 0 Å². The highest BCUT2D eigenvalue weighted by Crippen LogP contribution is 2.57. The van der Waals surface area contributed by atoms with Crippen molar-refractivity contribution in [2.45, 2.75) is 25.2 Å². The first-order chi connectivity index (χ1) is 8.35. The van der Waals surface area contributed by atoms with Crippen molar-refractivity contribution in [2.75, 3.05) is 13.7 Å². The van der Waals surface area contributed by atoms with Crippen molar-refractivity contribution in [2.24, 2.45) is 17.8 Å². The zero-order chi connectivity index (χ0) is 11.8. The molecule has 0 unspecified atom stereocenters. The summed E-state index contributed by atoms with van der Waals surface area (Å²) < 4.78 is 5.54. The van der Waals surface area contributed by atoms with Crippen LogP contribution in [0.1, 0.15) is 30.7 Å². The van der Waals surface area contributed by atoms with Crippen molar-refractivity contribution in [3.63, 3.8) is 0 Å². The third-order valence-corrected chi connectivity index (χ3v) is 4.92. The minimum Gasteiger partial charge on any atom is -1.00 e. The largest absolute Gasteiger partial charge is 1.00 e. The quantitative estimate of drug-likeness (QED) is 0.755. The predicted molar refractivity (Wildman–Crippen MR) is 67.8 cm³/mol. The predicted octanol–water partition coefficient (Wildman–Crippen LogP) is -0.929. The Morgan fingerprint density at radius 3 is 2.67 bits per heavy atom. The second kappa shape index (κ2) is 5.50. The van der Waals surface area contributed by atoms with Crippen molar-refractivity contribution in [3.8, 4) is 5.75 Å². The van der Waals surface area contributed by atoms with Crippen LogP contribution in [0, 0.1) is 17.8 Å². The summed E-state index contributed by atoms with van der Waals surface area (Å²) in [6, 6.07) is 8.56. The number of methoxy groups -OCH3 is 1. The fraction of sp³-hybridized carbons (Fsp3) is 0.600. The van der Waals surface area contributed by atoms with Gasteiger partial charge in [0.1, 0.15) is 5.75 Å². The Balaban J connectivity index is 0.00000120. The first kappa shape index (κ1) is 13.7. The van der Waals surface area contributed by atoms with Crippen LogP contribution in [-0.4, -0.2) is 13.7 Å². The topological polar surface area (TPSA) is 36.9 Å². The zero-order valence-corrected chi connectivity index (χ0v) is 11.7. The minimum atomic E-state index is 0. The van der Waals surface area contributed by atoms with E-state index in [1.807, 2.05) is 0 Å². The van der Waals surface area contributed by atoms with E-state index in [9.17, 15) is 0 Å². The molecule has 2 bridgehead atoms. The highest BCUT2D eigenvalue weighted by Gasteiger charge is 2.48. The van der Waals surface area contributed by atoms with Gasteiger partial charge in [0.25, 0.3) is 0 Å². The Hall–Kier alpha value is -0.730. The second-order valence-electron chi connectivity index (χ2n) is 5.55. The molecule has 1 aromatic carbocycles. The van der Waals surface area contributed by atoms with Gasteiger partial charge >= 0.3 is 0 Å². The average molecular weight is 268 g/mol. The van der Waals surface area contributed by atoms with Crippen LogP contribution in [0.2, 0.25) is 0 Å². The van der Waals surface area contributed by atoms with E-state index in [-0.39, 0.29) is 12.4 Å². The lowest BCUT2D eigenvalue weighted by atomic mass is 9.75. The molecule has 0 heterocycles. The number of fused-ring (bicyclic) bond motifs is 2. The highest BCUT2D eigenvalue weighted by molar-refractivity contribution is 5.38. The number of hydrogen-bond donors (Lipinski definition) is 1. The lowest BCUT2D eigenvalue weighted by Gasteiger charge is -2.30. The molecular formula is C15H22ClNO.